The lowest BCUT2D eigenvalue weighted by molar-refractivity contribution is -0.131. The van der Waals surface area contributed by atoms with E-state index in [9.17, 15) is 4.79 Å². The summed E-state index contributed by atoms with van der Waals surface area (Å²) in [5.41, 5.74) is 3.57. The van der Waals surface area contributed by atoms with E-state index in [-0.39, 0.29) is 12.5 Å². The summed E-state index contributed by atoms with van der Waals surface area (Å²) in [6, 6.07) is 15.6. The Kier molecular flexibility index (Phi) is 4.68. The van der Waals surface area contributed by atoms with Gasteiger partial charge in [0, 0.05) is 16.1 Å². The molecule has 6 nitrogen and oxygen atoms in total. The highest BCUT2D eigenvalue weighted by Crippen LogP contribution is 2.30. The molecule has 2 aromatic rings. The number of halogens is 1. The van der Waals surface area contributed by atoms with Crippen LogP contribution in [-0.2, 0) is 4.79 Å². The Morgan fingerprint density at radius 2 is 1.78 bits per heavy atom. The van der Waals surface area contributed by atoms with Gasteiger partial charge < -0.3 is 4.90 Å². The summed E-state index contributed by atoms with van der Waals surface area (Å²) in [7, 11) is 3.83. The van der Waals surface area contributed by atoms with Crippen LogP contribution in [0.4, 0.5) is 5.69 Å². The molecule has 0 aliphatic carbocycles. The van der Waals surface area contributed by atoms with Crippen molar-refractivity contribution in [2.75, 3.05) is 38.8 Å². The number of benzene rings is 2. The molecule has 0 aromatic heterocycles. The first kappa shape index (κ1) is 17.7. The molecule has 0 radical (unpaired) electrons. The minimum Gasteiger partial charge on any atom is -0.317 e. The Labute approximate surface area is 163 Å². The average Bonchev–Trinajstić information content (AvgIpc) is 2.80. The Morgan fingerprint density at radius 1 is 1.07 bits per heavy atom. The third-order valence-corrected chi connectivity index (χ3v) is 4.83. The van der Waals surface area contributed by atoms with E-state index < -0.39 is 0 Å². The first-order valence-corrected chi connectivity index (χ1v) is 9.11. The van der Waals surface area contributed by atoms with E-state index in [0.717, 1.165) is 28.4 Å². The van der Waals surface area contributed by atoms with Gasteiger partial charge in [-0.05, 0) is 26.2 Å². The molecule has 7 heteroatoms. The van der Waals surface area contributed by atoms with E-state index in [1.165, 1.54) is 5.01 Å². The number of carbonyl (C=O) groups is 1. The fourth-order valence-electron chi connectivity index (χ4n) is 3.30. The predicted octanol–water partition coefficient (Wildman–Crippen LogP) is 2.67. The number of nitrogens with zero attached hydrogens (tertiary/aromatic N) is 5. The molecular formula is C20H20ClN5O. The molecule has 27 heavy (non-hydrogen) atoms. The largest absolute Gasteiger partial charge is 0.317 e. The molecule has 0 bridgehead atoms. The highest BCUT2D eigenvalue weighted by atomic mass is 35.5. The zero-order valence-corrected chi connectivity index (χ0v) is 16.0. The van der Waals surface area contributed by atoms with Crippen molar-refractivity contribution < 1.29 is 4.79 Å². The molecule has 0 saturated heterocycles. The van der Waals surface area contributed by atoms with Crippen LogP contribution in [0, 0.1) is 0 Å². The number of hydrazone groups is 1. The molecule has 0 atom stereocenters. The highest BCUT2D eigenvalue weighted by Gasteiger charge is 2.32. The van der Waals surface area contributed by atoms with Crippen LogP contribution in [0.3, 0.4) is 0 Å². The molecule has 138 valence electrons. The predicted molar refractivity (Wildman–Crippen MR) is 109 cm³/mol. The van der Waals surface area contributed by atoms with Crippen molar-refractivity contribution in [2.24, 2.45) is 10.1 Å². The lowest BCUT2D eigenvalue weighted by Crippen LogP contribution is -2.50. The van der Waals surface area contributed by atoms with Crippen LogP contribution in [0.2, 0.25) is 5.02 Å². The van der Waals surface area contributed by atoms with Gasteiger partial charge in [0.15, 0.2) is 5.84 Å². The van der Waals surface area contributed by atoms with Crippen molar-refractivity contribution in [3.8, 4) is 0 Å². The number of rotatable bonds is 3. The van der Waals surface area contributed by atoms with Gasteiger partial charge in [-0.15, -0.1) is 0 Å². The third kappa shape index (κ3) is 3.34. The van der Waals surface area contributed by atoms with E-state index in [1.54, 1.807) is 0 Å². The number of amidine groups is 1. The molecule has 2 heterocycles. The van der Waals surface area contributed by atoms with Crippen LogP contribution in [0.5, 0.6) is 0 Å². The smallest absolute Gasteiger partial charge is 0.263 e. The molecule has 4 rings (SSSR count). The lowest BCUT2D eigenvalue weighted by atomic mass is 10.00. The summed E-state index contributed by atoms with van der Waals surface area (Å²) < 4.78 is 0. The Hall–Kier alpha value is -2.70. The zero-order valence-electron chi connectivity index (χ0n) is 15.3. The summed E-state index contributed by atoms with van der Waals surface area (Å²) in [6.45, 7) is 1.07. The van der Waals surface area contributed by atoms with Crippen LogP contribution in [0.1, 0.15) is 11.1 Å². The quantitative estimate of drug-likeness (QED) is 0.821. The van der Waals surface area contributed by atoms with Gasteiger partial charge in [-0.25, -0.2) is 5.01 Å². The summed E-state index contributed by atoms with van der Waals surface area (Å²) in [4.78, 5) is 21.3. The summed E-state index contributed by atoms with van der Waals surface area (Å²) >= 11 is 6.44. The van der Waals surface area contributed by atoms with Crippen LogP contribution in [0.15, 0.2) is 58.6 Å². The number of carbonyl (C=O) groups excluding carboxylic acids is 1. The van der Waals surface area contributed by atoms with Gasteiger partial charge in [-0.1, -0.05) is 48.0 Å². The molecular weight excluding hydrogens is 362 g/mol. The molecule has 0 unspecified atom stereocenters. The summed E-state index contributed by atoms with van der Waals surface area (Å²) in [6.07, 6.45) is 0. The number of hydrogen-bond donors (Lipinski definition) is 0. The van der Waals surface area contributed by atoms with Crippen molar-refractivity contribution in [1.82, 2.24) is 9.91 Å². The number of para-hydroxylation sites is 1. The second-order valence-electron chi connectivity index (χ2n) is 6.78. The fourth-order valence-corrected chi connectivity index (χ4v) is 3.53. The average molecular weight is 382 g/mol. The molecule has 2 aliphatic rings. The lowest BCUT2D eigenvalue weighted by Gasteiger charge is -2.33. The first-order chi connectivity index (χ1) is 13.0. The molecule has 2 aromatic carbocycles. The Bertz CT molecular complexity index is 953. The minimum atomic E-state index is -0.0385. The monoisotopic (exact) mass is 381 g/mol. The van der Waals surface area contributed by atoms with Gasteiger partial charge in [0.05, 0.1) is 24.6 Å². The second-order valence-corrected chi connectivity index (χ2v) is 7.19. The Balaban J connectivity index is 1.83. The molecule has 0 N–H and O–H groups in total. The normalized spacial score (nSPS) is 16.5. The maximum Gasteiger partial charge on any atom is 0.263 e. The van der Waals surface area contributed by atoms with Crippen molar-refractivity contribution >= 4 is 34.7 Å². The van der Waals surface area contributed by atoms with Gasteiger partial charge >= 0.3 is 0 Å². The number of hydrogen-bond acceptors (Lipinski definition) is 5. The van der Waals surface area contributed by atoms with Gasteiger partial charge in [-0.2, -0.15) is 5.10 Å². The van der Waals surface area contributed by atoms with E-state index in [1.807, 2.05) is 72.4 Å². The van der Waals surface area contributed by atoms with Crippen molar-refractivity contribution in [3.05, 3.63) is 64.7 Å². The standard InChI is InChI=1S/C20H20ClN5O/c1-24(2)13-26-19(27)12-25-17-10-6-4-8-15(17)20(22-11-18(25)23-26)14-7-3-5-9-16(14)21/h3-10H,11-13H2,1-2H3. The van der Waals surface area contributed by atoms with Gasteiger partial charge in [-0.3, -0.25) is 14.7 Å². The number of aliphatic imine (C=N–C) groups is 1. The number of amides is 1. The van der Waals surface area contributed by atoms with E-state index >= 15 is 0 Å². The van der Waals surface area contributed by atoms with E-state index in [0.29, 0.717) is 18.2 Å². The van der Waals surface area contributed by atoms with Gasteiger partial charge in [0.1, 0.15) is 6.54 Å². The molecule has 1 amide bonds. The summed E-state index contributed by atoms with van der Waals surface area (Å²) in [5, 5.41) is 6.73. The molecule has 0 spiro atoms. The van der Waals surface area contributed by atoms with Crippen molar-refractivity contribution in [2.45, 2.75) is 0 Å². The van der Waals surface area contributed by atoms with Crippen molar-refractivity contribution in [1.29, 1.82) is 0 Å². The zero-order chi connectivity index (χ0) is 19.0. The van der Waals surface area contributed by atoms with Crippen LogP contribution in [0.25, 0.3) is 0 Å². The van der Waals surface area contributed by atoms with Crippen LogP contribution < -0.4 is 4.90 Å². The number of fused-ring (bicyclic) bond motifs is 3. The Morgan fingerprint density at radius 3 is 2.52 bits per heavy atom. The van der Waals surface area contributed by atoms with Crippen LogP contribution in [-0.4, -0.2) is 61.2 Å². The maximum atomic E-state index is 12.6. The highest BCUT2D eigenvalue weighted by molar-refractivity contribution is 6.36. The fraction of sp³-hybridized carbons (Fsp3) is 0.250. The molecule has 0 saturated carbocycles. The number of anilines is 1. The van der Waals surface area contributed by atoms with E-state index in [4.69, 9.17) is 16.6 Å². The maximum absolute atomic E-state index is 12.6. The second kappa shape index (κ2) is 7.13. The van der Waals surface area contributed by atoms with Crippen LogP contribution >= 0.6 is 11.6 Å². The van der Waals surface area contributed by atoms with Gasteiger partial charge in [0.2, 0.25) is 0 Å². The molecule has 2 aliphatic heterocycles. The first-order valence-electron chi connectivity index (χ1n) is 8.73. The SMILES string of the molecule is CN(C)CN1N=C2CN=C(c3ccccc3Cl)c3ccccc3N2CC1=O. The van der Waals surface area contributed by atoms with Gasteiger partial charge in [0.25, 0.3) is 5.91 Å². The minimum absolute atomic E-state index is 0.0385. The summed E-state index contributed by atoms with van der Waals surface area (Å²) in [5.74, 6) is 0.717. The topological polar surface area (TPSA) is 51.5 Å². The van der Waals surface area contributed by atoms with E-state index in [2.05, 4.69) is 5.10 Å². The third-order valence-electron chi connectivity index (χ3n) is 4.50. The molecule has 0 fully saturated rings. The van der Waals surface area contributed by atoms with Crippen molar-refractivity contribution in [3.63, 3.8) is 0 Å².